The van der Waals surface area contributed by atoms with Gasteiger partial charge in [-0.15, -0.1) is 0 Å². The summed E-state index contributed by atoms with van der Waals surface area (Å²) >= 11 is 0. The average Bonchev–Trinajstić information content (AvgIpc) is 3.01. The maximum Gasteiger partial charge on any atom is 0.449 e. The molecule has 0 radical (unpaired) electrons. The third kappa shape index (κ3) is 4.55. The van der Waals surface area contributed by atoms with Crippen molar-refractivity contribution in [2.75, 3.05) is 13.2 Å². The fraction of sp³-hybridized carbons (Fsp3) is 0.222. The van der Waals surface area contributed by atoms with Gasteiger partial charge in [0, 0.05) is 13.1 Å². The molecule has 3 aromatic rings. The van der Waals surface area contributed by atoms with Gasteiger partial charge >= 0.3 is 6.18 Å². The van der Waals surface area contributed by atoms with E-state index in [1.807, 2.05) is 0 Å². The number of ether oxygens (including phenoxy) is 1. The number of nitrogens with one attached hydrogen (secondary N) is 1. The summed E-state index contributed by atoms with van der Waals surface area (Å²) in [4.78, 5) is 15.4. The summed E-state index contributed by atoms with van der Waals surface area (Å²) in [5, 5.41) is 2.49. The highest BCUT2D eigenvalue weighted by atomic mass is 19.4. The molecule has 5 nitrogen and oxygen atoms in total. The molecule has 3 rings (SSSR count). The van der Waals surface area contributed by atoms with E-state index in [0.717, 1.165) is 4.57 Å². The van der Waals surface area contributed by atoms with Crippen LogP contribution in [0, 0.1) is 5.82 Å². The predicted molar refractivity (Wildman–Crippen MR) is 89.6 cm³/mol. The zero-order valence-corrected chi connectivity index (χ0v) is 14.0. The van der Waals surface area contributed by atoms with Crippen LogP contribution in [0.5, 0.6) is 5.75 Å². The molecule has 0 aliphatic carbocycles. The van der Waals surface area contributed by atoms with Gasteiger partial charge in [-0.25, -0.2) is 9.37 Å². The second-order valence-electron chi connectivity index (χ2n) is 5.67. The molecule has 0 atom stereocenters. The zero-order chi connectivity index (χ0) is 19.4. The van der Waals surface area contributed by atoms with Crippen molar-refractivity contribution < 1.29 is 27.1 Å². The van der Waals surface area contributed by atoms with Crippen LogP contribution in [0.25, 0.3) is 11.0 Å². The Morgan fingerprint density at radius 2 is 1.81 bits per heavy atom. The monoisotopic (exact) mass is 381 g/mol. The number of nitrogens with zero attached hydrogens (tertiary/aromatic N) is 2. The normalized spacial score (nSPS) is 11.6. The Morgan fingerprint density at radius 1 is 1.11 bits per heavy atom. The van der Waals surface area contributed by atoms with Gasteiger partial charge < -0.3 is 14.6 Å². The first kappa shape index (κ1) is 18.7. The number of rotatable bonds is 6. The summed E-state index contributed by atoms with van der Waals surface area (Å²) in [6, 6.07) is 11.4. The zero-order valence-electron chi connectivity index (χ0n) is 14.0. The molecular weight excluding hydrogens is 366 g/mol. The molecule has 0 aliphatic heterocycles. The Morgan fingerprint density at radius 3 is 2.52 bits per heavy atom. The first-order valence-electron chi connectivity index (χ1n) is 8.02. The van der Waals surface area contributed by atoms with Gasteiger partial charge in [0.05, 0.1) is 11.0 Å². The minimum atomic E-state index is -4.60. The first-order chi connectivity index (χ1) is 12.8. The maximum atomic E-state index is 13.2. The molecular formula is C18H15F4N3O2. The number of aromatic nitrogens is 2. The van der Waals surface area contributed by atoms with Crippen molar-refractivity contribution in [2.45, 2.75) is 12.7 Å². The van der Waals surface area contributed by atoms with Crippen molar-refractivity contribution in [1.29, 1.82) is 0 Å². The lowest BCUT2D eigenvalue weighted by molar-refractivity contribution is -0.146. The van der Waals surface area contributed by atoms with Crippen LogP contribution in [-0.4, -0.2) is 28.6 Å². The van der Waals surface area contributed by atoms with Crippen molar-refractivity contribution in [3.8, 4) is 5.75 Å². The highest BCUT2D eigenvalue weighted by Crippen LogP contribution is 2.31. The lowest BCUT2D eigenvalue weighted by Gasteiger charge is -2.12. The number of fused-ring (bicyclic) bond motifs is 1. The summed E-state index contributed by atoms with van der Waals surface area (Å²) in [6.45, 7) is -0.463. The molecule has 1 heterocycles. The fourth-order valence-electron chi connectivity index (χ4n) is 2.56. The topological polar surface area (TPSA) is 56.1 Å². The van der Waals surface area contributed by atoms with Gasteiger partial charge in [-0.1, -0.05) is 12.1 Å². The van der Waals surface area contributed by atoms with Gasteiger partial charge in [0.25, 0.3) is 5.91 Å². The third-order valence-corrected chi connectivity index (χ3v) is 3.75. The summed E-state index contributed by atoms with van der Waals surface area (Å²) in [6.07, 6.45) is -4.60. The van der Waals surface area contributed by atoms with E-state index >= 15 is 0 Å². The standard InChI is InChI=1S/C18H15F4N3O2/c19-12-5-7-13(8-6-12)27-11-16(26)23-9-10-25-15-4-2-1-3-14(15)24-17(25)18(20,21)22/h1-8H,9-11H2,(H,23,26). The Bertz CT molecular complexity index is 936. The van der Waals surface area contributed by atoms with Crippen molar-refractivity contribution in [3.63, 3.8) is 0 Å². The molecule has 0 aliphatic rings. The predicted octanol–water partition coefficient (Wildman–Crippen LogP) is 3.39. The Kier molecular flexibility index (Phi) is 5.29. The van der Waals surface area contributed by atoms with E-state index in [0.29, 0.717) is 11.3 Å². The van der Waals surface area contributed by atoms with Crippen LogP contribution in [0.4, 0.5) is 17.6 Å². The number of carbonyl (C=O) groups is 1. The molecule has 9 heteroatoms. The number of benzene rings is 2. The smallest absolute Gasteiger partial charge is 0.449 e. The van der Waals surface area contributed by atoms with Gasteiger partial charge in [-0.2, -0.15) is 13.2 Å². The molecule has 0 bridgehead atoms. The molecule has 0 unspecified atom stereocenters. The van der Waals surface area contributed by atoms with E-state index in [1.54, 1.807) is 12.1 Å². The van der Waals surface area contributed by atoms with Crippen LogP contribution in [0.2, 0.25) is 0 Å². The second kappa shape index (κ2) is 7.65. The van der Waals surface area contributed by atoms with E-state index in [4.69, 9.17) is 4.74 Å². The van der Waals surface area contributed by atoms with Gasteiger partial charge in [-0.05, 0) is 36.4 Å². The SMILES string of the molecule is O=C(COc1ccc(F)cc1)NCCn1c(C(F)(F)F)nc2ccccc21. The molecule has 0 saturated carbocycles. The molecule has 0 saturated heterocycles. The Hall–Kier alpha value is -3.10. The molecule has 142 valence electrons. The van der Waals surface area contributed by atoms with Crippen molar-refractivity contribution in [1.82, 2.24) is 14.9 Å². The van der Waals surface area contributed by atoms with E-state index < -0.39 is 23.7 Å². The van der Waals surface area contributed by atoms with E-state index in [2.05, 4.69) is 10.3 Å². The minimum Gasteiger partial charge on any atom is -0.484 e. The molecule has 0 fully saturated rings. The van der Waals surface area contributed by atoms with Crippen molar-refractivity contribution in [2.24, 2.45) is 0 Å². The maximum absolute atomic E-state index is 13.2. The number of alkyl halides is 3. The lowest BCUT2D eigenvalue weighted by Crippen LogP contribution is -2.32. The summed E-state index contributed by atoms with van der Waals surface area (Å²) in [5.74, 6) is -1.64. The van der Waals surface area contributed by atoms with E-state index in [-0.39, 0.29) is 25.2 Å². The number of halogens is 4. The molecule has 0 spiro atoms. The number of hydrogen-bond acceptors (Lipinski definition) is 3. The van der Waals surface area contributed by atoms with Crippen LogP contribution >= 0.6 is 0 Å². The van der Waals surface area contributed by atoms with E-state index in [1.165, 1.54) is 36.4 Å². The third-order valence-electron chi connectivity index (χ3n) is 3.75. The van der Waals surface area contributed by atoms with Gasteiger partial charge in [0.1, 0.15) is 11.6 Å². The van der Waals surface area contributed by atoms with Crippen LogP contribution in [0.1, 0.15) is 5.82 Å². The lowest BCUT2D eigenvalue weighted by atomic mass is 10.3. The quantitative estimate of drug-likeness (QED) is 0.666. The number of carbonyl (C=O) groups excluding carboxylic acids is 1. The Balaban J connectivity index is 1.60. The average molecular weight is 381 g/mol. The van der Waals surface area contributed by atoms with E-state index in [9.17, 15) is 22.4 Å². The van der Waals surface area contributed by atoms with Gasteiger partial charge in [0.2, 0.25) is 5.82 Å². The molecule has 1 N–H and O–H groups in total. The van der Waals surface area contributed by atoms with Crippen molar-refractivity contribution >= 4 is 16.9 Å². The fourth-order valence-corrected chi connectivity index (χ4v) is 2.56. The number of hydrogen-bond donors (Lipinski definition) is 1. The van der Waals surface area contributed by atoms with Gasteiger partial charge in [0.15, 0.2) is 6.61 Å². The number of para-hydroxylation sites is 2. The van der Waals surface area contributed by atoms with Crippen LogP contribution in [0.3, 0.4) is 0 Å². The number of amides is 1. The minimum absolute atomic E-state index is 0.0327. The molecule has 2 aromatic carbocycles. The molecule has 27 heavy (non-hydrogen) atoms. The molecule has 1 amide bonds. The summed E-state index contributed by atoms with van der Waals surface area (Å²) in [5.41, 5.74) is 0.567. The van der Waals surface area contributed by atoms with Crippen LogP contribution < -0.4 is 10.1 Å². The summed E-state index contributed by atoms with van der Waals surface area (Å²) < 4.78 is 58.6. The first-order valence-corrected chi connectivity index (χ1v) is 8.02. The summed E-state index contributed by atoms with van der Waals surface area (Å²) in [7, 11) is 0. The van der Waals surface area contributed by atoms with Crippen LogP contribution in [-0.2, 0) is 17.5 Å². The molecule has 1 aromatic heterocycles. The Labute approximate surface area is 151 Å². The highest BCUT2D eigenvalue weighted by molar-refractivity contribution is 5.78. The van der Waals surface area contributed by atoms with Crippen LogP contribution in [0.15, 0.2) is 48.5 Å². The highest BCUT2D eigenvalue weighted by Gasteiger charge is 2.37. The van der Waals surface area contributed by atoms with Gasteiger partial charge in [-0.3, -0.25) is 4.79 Å². The number of imidazole rings is 1. The van der Waals surface area contributed by atoms with Crippen molar-refractivity contribution in [3.05, 3.63) is 60.2 Å². The largest absolute Gasteiger partial charge is 0.484 e. The second-order valence-corrected chi connectivity index (χ2v) is 5.67.